The van der Waals surface area contributed by atoms with Gasteiger partial charge in [0, 0.05) is 4.90 Å². The van der Waals surface area contributed by atoms with Gasteiger partial charge < -0.3 is 0 Å². The molecule has 2 aromatic rings. The summed E-state index contributed by atoms with van der Waals surface area (Å²) in [6.45, 7) is 0. The van der Waals surface area contributed by atoms with Crippen molar-refractivity contribution in [2.75, 3.05) is 5.75 Å². The fourth-order valence-electron chi connectivity index (χ4n) is 1.59. The van der Waals surface area contributed by atoms with Gasteiger partial charge in [-0.1, -0.05) is 12.1 Å². The lowest BCUT2D eigenvalue weighted by Gasteiger charge is -2.04. The number of halogens is 3. The van der Waals surface area contributed by atoms with Crippen LogP contribution in [-0.4, -0.2) is 15.7 Å². The van der Waals surface area contributed by atoms with E-state index in [1.165, 1.54) is 18.2 Å². The molecule has 0 spiro atoms. The Morgan fingerprint density at radius 2 is 1.65 bits per heavy atom. The molecule has 0 N–H and O–H groups in total. The van der Waals surface area contributed by atoms with Crippen molar-refractivity contribution in [3.05, 3.63) is 65.5 Å². The lowest BCUT2D eigenvalue weighted by atomic mass is 10.1. The van der Waals surface area contributed by atoms with E-state index in [9.17, 15) is 22.2 Å². The van der Waals surface area contributed by atoms with Crippen LogP contribution in [-0.2, 0) is 10.8 Å². The number of hydrogen-bond donors (Lipinski definition) is 0. The number of rotatable bonds is 4. The van der Waals surface area contributed by atoms with Gasteiger partial charge in [0.1, 0.15) is 5.82 Å². The van der Waals surface area contributed by atoms with E-state index < -0.39 is 39.8 Å². The van der Waals surface area contributed by atoms with Crippen LogP contribution in [0.15, 0.2) is 47.4 Å². The molecule has 2 nitrogen and oxygen atoms in total. The van der Waals surface area contributed by atoms with Gasteiger partial charge in [-0.15, -0.1) is 0 Å². The zero-order valence-electron chi connectivity index (χ0n) is 10.1. The second-order valence-corrected chi connectivity index (χ2v) is 5.42. The average Bonchev–Trinajstić information content (AvgIpc) is 2.42. The van der Waals surface area contributed by atoms with Gasteiger partial charge in [0.05, 0.1) is 22.1 Å². The fraction of sp³-hybridized carbons (Fsp3) is 0.0714. The molecule has 2 rings (SSSR count). The smallest absolute Gasteiger partial charge is 0.178 e. The molecule has 0 aliphatic carbocycles. The summed E-state index contributed by atoms with van der Waals surface area (Å²) in [5.41, 5.74) is -0.177. The second-order valence-electron chi connectivity index (χ2n) is 3.97. The molecule has 20 heavy (non-hydrogen) atoms. The first-order valence-electron chi connectivity index (χ1n) is 5.60. The van der Waals surface area contributed by atoms with Crippen molar-refractivity contribution in [1.29, 1.82) is 0 Å². The lowest BCUT2D eigenvalue weighted by molar-refractivity contribution is 0.101. The van der Waals surface area contributed by atoms with Crippen LogP contribution in [0.3, 0.4) is 0 Å². The maximum atomic E-state index is 13.4. The molecule has 104 valence electrons. The number of hydrogen-bond acceptors (Lipinski definition) is 2. The predicted molar refractivity (Wildman–Crippen MR) is 68.4 cm³/mol. The van der Waals surface area contributed by atoms with Crippen LogP contribution in [0, 0.1) is 17.5 Å². The predicted octanol–water partition coefficient (Wildman–Crippen LogP) is 3.09. The second kappa shape index (κ2) is 6.00. The van der Waals surface area contributed by atoms with Crippen molar-refractivity contribution in [2.45, 2.75) is 4.90 Å². The summed E-state index contributed by atoms with van der Waals surface area (Å²) in [6, 6.07) is 8.03. The summed E-state index contributed by atoms with van der Waals surface area (Å²) >= 11 is 0. The van der Waals surface area contributed by atoms with Gasteiger partial charge in [0.25, 0.3) is 0 Å². The monoisotopic (exact) mass is 298 g/mol. The highest BCUT2D eigenvalue weighted by Gasteiger charge is 2.16. The first kappa shape index (κ1) is 14.5. The summed E-state index contributed by atoms with van der Waals surface area (Å²) in [4.78, 5) is 11.8. The standard InChI is InChI=1S/C14H9F3O2S/c15-11-4-2-1-3-10(11)14(18)8-20(19)9-5-6-12(16)13(17)7-9/h1-7H,8H2. The van der Waals surface area contributed by atoms with E-state index in [0.717, 1.165) is 24.3 Å². The minimum atomic E-state index is -1.86. The van der Waals surface area contributed by atoms with Gasteiger partial charge in [-0.25, -0.2) is 13.2 Å². The Morgan fingerprint density at radius 1 is 0.950 bits per heavy atom. The van der Waals surface area contributed by atoms with Gasteiger partial charge in [0.2, 0.25) is 0 Å². The summed E-state index contributed by atoms with van der Waals surface area (Å²) in [6.07, 6.45) is 0. The number of ketones is 1. The van der Waals surface area contributed by atoms with Crippen LogP contribution in [0.25, 0.3) is 0 Å². The molecule has 1 atom stereocenters. The van der Waals surface area contributed by atoms with Gasteiger partial charge >= 0.3 is 0 Å². The van der Waals surface area contributed by atoms with E-state index in [2.05, 4.69) is 0 Å². The van der Waals surface area contributed by atoms with Gasteiger partial charge in [0.15, 0.2) is 17.4 Å². The molecule has 0 radical (unpaired) electrons. The summed E-state index contributed by atoms with van der Waals surface area (Å²) in [5, 5.41) is 0. The lowest BCUT2D eigenvalue weighted by Crippen LogP contribution is -2.13. The van der Waals surface area contributed by atoms with E-state index in [-0.39, 0.29) is 10.5 Å². The van der Waals surface area contributed by atoms with Crippen LogP contribution in [0.4, 0.5) is 13.2 Å². The third-order valence-corrected chi connectivity index (χ3v) is 3.89. The average molecular weight is 298 g/mol. The first-order valence-corrected chi connectivity index (χ1v) is 6.92. The molecule has 2 aromatic carbocycles. The van der Waals surface area contributed by atoms with Crippen molar-refractivity contribution in [1.82, 2.24) is 0 Å². The maximum Gasteiger partial charge on any atom is 0.178 e. The Balaban J connectivity index is 2.17. The summed E-state index contributed by atoms with van der Waals surface area (Å²) < 4.78 is 51.0. The Kier molecular flexibility index (Phi) is 4.34. The van der Waals surface area contributed by atoms with Crippen molar-refractivity contribution in [2.24, 2.45) is 0 Å². The maximum absolute atomic E-state index is 13.4. The Morgan fingerprint density at radius 3 is 2.30 bits per heavy atom. The molecule has 0 bridgehead atoms. The van der Waals surface area contributed by atoms with Crippen LogP contribution >= 0.6 is 0 Å². The molecule has 0 aliphatic rings. The number of benzene rings is 2. The van der Waals surface area contributed by atoms with Crippen LogP contribution in [0.2, 0.25) is 0 Å². The Bertz CT molecular complexity index is 686. The molecule has 0 heterocycles. The van der Waals surface area contributed by atoms with E-state index in [0.29, 0.717) is 0 Å². The SMILES string of the molecule is O=C(CS(=O)c1ccc(F)c(F)c1)c1ccccc1F. The fourth-order valence-corrected chi connectivity index (χ4v) is 2.60. The number of carbonyl (C=O) groups is 1. The molecule has 0 saturated carbocycles. The molecule has 0 aliphatic heterocycles. The van der Waals surface area contributed by atoms with Crippen LogP contribution in [0.1, 0.15) is 10.4 Å². The van der Waals surface area contributed by atoms with Gasteiger partial charge in [-0.05, 0) is 30.3 Å². The zero-order valence-corrected chi connectivity index (χ0v) is 10.9. The van der Waals surface area contributed by atoms with E-state index >= 15 is 0 Å². The third kappa shape index (κ3) is 3.14. The molecule has 0 saturated heterocycles. The number of Topliss-reactive ketones (excluding diaryl/α,β-unsaturated/α-hetero) is 1. The van der Waals surface area contributed by atoms with Gasteiger partial charge in [-0.2, -0.15) is 0 Å². The Labute approximate surface area is 115 Å². The number of carbonyl (C=O) groups excluding carboxylic acids is 1. The minimum absolute atomic E-state index is 0.0198. The highest BCUT2D eigenvalue weighted by Crippen LogP contribution is 2.14. The molecular weight excluding hydrogens is 289 g/mol. The van der Waals surface area contributed by atoms with E-state index in [1.807, 2.05) is 0 Å². The van der Waals surface area contributed by atoms with Crippen molar-refractivity contribution in [3.8, 4) is 0 Å². The normalized spacial score (nSPS) is 12.2. The highest BCUT2D eigenvalue weighted by atomic mass is 32.2. The zero-order chi connectivity index (χ0) is 14.7. The topological polar surface area (TPSA) is 34.1 Å². The largest absolute Gasteiger partial charge is 0.293 e. The van der Waals surface area contributed by atoms with Crippen molar-refractivity contribution in [3.63, 3.8) is 0 Å². The van der Waals surface area contributed by atoms with Crippen LogP contribution < -0.4 is 0 Å². The van der Waals surface area contributed by atoms with Crippen molar-refractivity contribution < 1.29 is 22.2 Å². The highest BCUT2D eigenvalue weighted by molar-refractivity contribution is 7.85. The van der Waals surface area contributed by atoms with Crippen LogP contribution in [0.5, 0.6) is 0 Å². The van der Waals surface area contributed by atoms with Gasteiger partial charge in [-0.3, -0.25) is 9.00 Å². The molecule has 0 aromatic heterocycles. The van der Waals surface area contributed by atoms with Crippen molar-refractivity contribution >= 4 is 16.6 Å². The minimum Gasteiger partial charge on any atom is -0.293 e. The third-order valence-electron chi connectivity index (χ3n) is 2.59. The molecule has 0 fully saturated rings. The molecular formula is C14H9F3O2S. The summed E-state index contributed by atoms with van der Waals surface area (Å²) in [7, 11) is -1.86. The van der Waals surface area contributed by atoms with E-state index in [4.69, 9.17) is 0 Å². The van der Waals surface area contributed by atoms with E-state index in [1.54, 1.807) is 0 Å². The first-order chi connectivity index (χ1) is 9.49. The Hall–Kier alpha value is -1.95. The molecule has 6 heteroatoms. The summed E-state index contributed by atoms with van der Waals surface area (Å²) in [5.74, 6) is -4.07. The quantitative estimate of drug-likeness (QED) is 0.813. The molecule has 0 amide bonds. The molecule has 1 unspecified atom stereocenters.